The predicted octanol–water partition coefficient (Wildman–Crippen LogP) is 3.94. The second-order valence-corrected chi connectivity index (χ2v) is 5.14. The standard InChI is InChI=1S/C16H24O2/c1-3-4-6-11-15-16(18-15)13(2)17-12-14-9-7-5-8-10-14/h5,7-10,13,15-16H,3-4,6,11-12H2,1-2H3/t13-,15-,16+/m1/s1. The van der Waals surface area contributed by atoms with Crippen molar-refractivity contribution in [2.75, 3.05) is 0 Å². The lowest BCUT2D eigenvalue weighted by atomic mass is 10.1. The number of hydrogen-bond donors (Lipinski definition) is 0. The Labute approximate surface area is 110 Å². The van der Waals surface area contributed by atoms with Gasteiger partial charge in [0.1, 0.15) is 6.10 Å². The van der Waals surface area contributed by atoms with Gasteiger partial charge in [-0.2, -0.15) is 0 Å². The van der Waals surface area contributed by atoms with Gasteiger partial charge in [-0.15, -0.1) is 0 Å². The van der Waals surface area contributed by atoms with Crippen molar-refractivity contribution in [3.05, 3.63) is 35.9 Å². The summed E-state index contributed by atoms with van der Waals surface area (Å²) < 4.78 is 11.6. The summed E-state index contributed by atoms with van der Waals surface area (Å²) in [6, 6.07) is 10.3. The Morgan fingerprint density at radius 1 is 1.22 bits per heavy atom. The molecule has 1 fully saturated rings. The van der Waals surface area contributed by atoms with Gasteiger partial charge < -0.3 is 9.47 Å². The normalized spacial score (nSPS) is 23.9. The number of epoxide rings is 1. The molecular weight excluding hydrogens is 224 g/mol. The van der Waals surface area contributed by atoms with Crippen LogP contribution in [0, 0.1) is 0 Å². The zero-order valence-corrected chi connectivity index (χ0v) is 11.5. The lowest BCUT2D eigenvalue weighted by molar-refractivity contribution is 0.0340. The highest BCUT2D eigenvalue weighted by atomic mass is 16.6. The second-order valence-electron chi connectivity index (χ2n) is 5.14. The minimum absolute atomic E-state index is 0.205. The lowest BCUT2D eigenvalue weighted by Gasteiger charge is -2.10. The summed E-state index contributed by atoms with van der Waals surface area (Å²) >= 11 is 0. The highest BCUT2D eigenvalue weighted by Crippen LogP contribution is 2.31. The Hall–Kier alpha value is -0.860. The van der Waals surface area contributed by atoms with Gasteiger partial charge in [0.2, 0.25) is 0 Å². The fourth-order valence-electron chi connectivity index (χ4n) is 2.29. The molecule has 2 rings (SSSR count). The van der Waals surface area contributed by atoms with Crippen LogP contribution in [0.1, 0.15) is 45.1 Å². The van der Waals surface area contributed by atoms with Gasteiger partial charge in [0.15, 0.2) is 0 Å². The fourth-order valence-corrected chi connectivity index (χ4v) is 2.29. The van der Waals surface area contributed by atoms with Crippen molar-refractivity contribution in [2.45, 2.75) is 64.4 Å². The van der Waals surface area contributed by atoms with Crippen LogP contribution in [-0.2, 0) is 16.1 Å². The third-order valence-electron chi connectivity index (χ3n) is 3.53. The molecule has 2 heteroatoms. The summed E-state index contributed by atoms with van der Waals surface area (Å²) in [5.41, 5.74) is 1.23. The largest absolute Gasteiger partial charge is 0.371 e. The van der Waals surface area contributed by atoms with Gasteiger partial charge in [-0.25, -0.2) is 0 Å². The van der Waals surface area contributed by atoms with Crippen LogP contribution in [0.5, 0.6) is 0 Å². The van der Waals surface area contributed by atoms with Crippen molar-refractivity contribution in [2.24, 2.45) is 0 Å². The molecule has 0 unspecified atom stereocenters. The summed E-state index contributed by atoms with van der Waals surface area (Å²) in [4.78, 5) is 0. The van der Waals surface area contributed by atoms with Crippen LogP contribution in [0.25, 0.3) is 0 Å². The number of ether oxygens (including phenoxy) is 2. The molecule has 3 atom stereocenters. The second kappa shape index (κ2) is 6.91. The van der Waals surface area contributed by atoms with Crippen LogP contribution >= 0.6 is 0 Å². The van der Waals surface area contributed by atoms with Gasteiger partial charge in [-0.1, -0.05) is 56.5 Å². The predicted molar refractivity (Wildman–Crippen MR) is 73.5 cm³/mol. The molecule has 0 N–H and O–H groups in total. The molecule has 0 spiro atoms. The zero-order valence-electron chi connectivity index (χ0n) is 11.5. The molecule has 0 radical (unpaired) electrons. The van der Waals surface area contributed by atoms with Crippen molar-refractivity contribution in [3.8, 4) is 0 Å². The Morgan fingerprint density at radius 2 is 2.00 bits per heavy atom. The quantitative estimate of drug-likeness (QED) is 0.513. The molecule has 1 saturated heterocycles. The molecule has 0 aromatic heterocycles. The lowest BCUT2D eigenvalue weighted by Crippen LogP contribution is -2.17. The van der Waals surface area contributed by atoms with E-state index in [0.29, 0.717) is 18.8 Å². The van der Waals surface area contributed by atoms with Gasteiger partial charge in [0.05, 0.1) is 18.8 Å². The number of rotatable bonds is 8. The van der Waals surface area contributed by atoms with E-state index in [1.165, 1.54) is 31.2 Å². The SMILES string of the molecule is CCCCC[C@H]1O[C@H]1[C@@H](C)OCc1ccccc1. The molecule has 1 aliphatic rings. The number of unbranched alkanes of at least 4 members (excludes halogenated alkanes) is 2. The van der Waals surface area contributed by atoms with Crippen LogP contribution in [0.4, 0.5) is 0 Å². The third kappa shape index (κ3) is 4.11. The summed E-state index contributed by atoms with van der Waals surface area (Å²) in [5.74, 6) is 0. The van der Waals surface area contributed by atoms with E-state index >= 15 is 0 Å². The topological polar surface area (TPSA) is 21.8 Å². The minimum atomic E-state index is 0.205. The van der Waals surface area contributed by atoms with E-state index in [4.69, 9.17) is 9.47 Å². The van der Waals surface area contributed by atoms with E-state index in [2.05, 4.69) is 26.0 Å². The summed E-state index contributed by atoms with van der Waals surface area (Å²) in [6.45, 7) is 5.04. The van der Waals surface area contributed by atoms with E-state index in [9.17, 15) is 0 Å². The van der Waals surface area contributed by atoms with E-state index in [0.717, 1.165) is 0 Å². The van der Waals surface area contributed by atoms with E-state index < -0.39 is 0 Å². The Morgan fingerprint density at radius 3 is 2.72 bits per heavy atom. The van der Waals surface area contributed by atoms with E-state index in [-0.39, 0.29) is 6.10 Å². The highest BCUT2D eigenvalue weighted by molar-refractivity contribution is 5.13. The summed E-state index contributed by atoms with van der Waals surface area (Å²) in [6.07, 6.45) is 6.04. The molecule has 100 valence electrons. The van der Waals surface area contributed by atoms with Crippen LogP contribution in [0.15, 0.2) is 30.3 Å². The molecular formula is C16H24O2. The fraction of sp³-hybridized carbons (Fsp3) is 0.625. The van der Waals surface area contributed by atoms with Crippen molar-refractivity contribution >= 4 is 0 Å². The molecule has 0 aliphatic carbocycles. The first-order valence-corrected chi connectivity index (χ1v) is 7.12. The Bertz CT molecular complexity index is 336. The smallest absolute Gasteiger partial charge is 0.110 e. The van der Waals surface area contributed by atoms with Crippen molar-refractivity contribution in [3.63, 3.8) is 0 Å². The molecule has 2 nitrogen and oxygen atoms in total. The molecule has 18 heavy (non-hydrogen) atoms. The van der Waals surface area contributed by atoms with Crippen LogP contribution in [0.3, 0.4) is 0 Å². The molecule has 1 heterocycles. The van der Waals surface area contributed by atoms with Gasteiger partial charge in [0, 0.05) is 0 Å². The summed E-state index contributed by atoms with van der Waals surface area (Å²) in [7, 11) is 0. The Balaban J connectivity index is 1.63. The monoisotopic (exact) mass is 248 g/mol. The minimum Gasteiger partial charge on any atom is -0.371 e. The maximum atomic E-state index is 5.86. The van der Waals surface area contributed by atoms with Crippen LogP contribution in [0.2, 0.25) is 0 Å². The molecule has 0 saturated carbocycles. The van der Waals surface area contributed by atoms with Gasteiger partial charge in [-0.05, 0) is 18.9 Å². The first kappa shape index (κ1) is 13.6. The van der Waals surface area contributed by atoms with E-state index in [1.807, 2.05) is 18.2 Å². The van der Waals surface area contributed by atoms with Crippen molar-refractivity contribution in [1.82, 2.24) is 0 Å². The molecule has 1 aliphatic heterocycles. The Kier molecular flexibility index (Phi) is 5.21. The van der Waals surface area contributed by atoms with Crippen LogP contribution in [-0.4, -0.2) is 18.3 Å². The average Bonchev–Trinajstić information content (AvgIpc) is 3.17. The molecule has 1 aromatic carbocycles. The number of hydrogen-bond acceptors (Lipinski definition) is 2. The average molecular weight is 248 g/mol. The van der Waals surface area contributed by atoms with Gasteiger partial charge >= 0.3 is 0 Å². The first-order chi connectivity index (χ1) is 8.81. The molecule has 0 bridgehead atoms. The van der Waals surface area contributed by atoms with Crippen LogP contribution < -0.4 is 0 Å². The maximum absolute atomic E-state index is 5.86. The highest BCUT2D eigenvalue weighted by Gasteiger charge is 2.42. The third-order valence-corrected chi connectivity index (χ3v) is 3.53. The maximum Gasteiger partial charge on any atom is 0.110 e. The zero-order chi connectivity index (χ0) is 12.8. The van der Waals surface area contributed by atoms with Gasteiger partial charge in [0.25, 0.3) is 0 Å². The van der Waals surface area contributed by atoms with Crippen molar-refractivity contribution < 1.29 is 9.47 Å². The molecule has 0 amide bonds. The van der Waals surface area contributed by atoms with Crippen molar-refractivity contribution in [1.29, 1.82) is 0 Å². The first-order valence-electron chi connectivity index (χ1n) is 7.12. The number of benzene rings is 1. The molecule has 1 aromatic rings. The van der Waals surface area contributed by atoms with E-state index in [1.54, 1.807) is 0 Å². The van der Waals surface area contributed by atoms with Gasteiger partial charge in [-0.3, -0.25) is 0 Å². The summed E-state index contributed by atoms with van der Waals surface area (Å²) in [5, 5.41) is 0.